The van der Waals surface area contributed by atoms with Crippen LogP contribution in [0.3, 0.4) is 0 Å². The number of benzene rings is 2. The molecule has 4 heteroatoms. The van der Waals surface area contributed by atoms with Gasteiger partial charge in [0.25, 0.3) is 0 Å². The molecule has 0 saturated carbocycles. The van der Waals surface area contributed by atoms with Gasteiger partial charge in [0, 0.05) is 31.0 Å². The molecule has 1 unspecified atom stereocenters. The van der Waals surface area contributed by atoms with Gasteiger partial charge in [0.05, 0.1) is 0 Å². The van der Waals surface area contributed by atoms with Crippen LogP contribution in [-0.4, -0.2) is 18.2 Å². The molecule has 1 aliphatic rings. The van der Waals surface area contributed by atoms with Crippen LogP contribution in [0.5, 0.6) is 0 Å². The first kappa shape index (κ1) is 17.7. The Kier molecular flexibility index (Phi) is 5.92. The summed E-state index contributed by atoms with van der Waals surface area (Å²) < 4.78 is 0. The molecule has 0 radical (unpaired) electrons. The summed E-state index contributed by atoms with van der Waals surface area (Å²) in [7, 11) is 0. The highest BCUT2D eigenvalue weighted by molar-refractivity contribution is 7.80. The first-order chi connectivity index (χ1) is 12.1. The van der Waals surface area contributed by atoms with Gasteiger partial charge in [-0.15, -0.1) is 0 Å². The van der Waals surface area contributed by atoms with Gasteiger partial charge in [0.1, 0.15) is 0 Å². The molecule has 132 valence electrons. The topological polar surface area (TPSA) is 27.3 Å². The Bertz CT molecular complexity index is 711. The van der Waals surface area contributed by atoms with E-state index in [-0.39, 0.29) is 0 Å². The fourth-order valence-corrected chi connectivity index (χ4v) is 3.52. The molecule has 0 spiro atoms. The number of piperidine rings is 1. The monoisotopic (exact) mass is 353 g/mol. The van der Waals surface area contributed by atoms with Gasteiger partial charge in [-0.25, -0.2) is 0 Å². The molecule has 0 amide bonds. The van der Waals surface area contributed by atoms with Crippen molar-refractivity contribution in [3.63, 3.8) is 0 Å². The number of nitrogens with one attached hydrogen (secondary N) is 2. The van der Waals surface area contributed by atoms with E-state index in [4.69, 9.17) is 12.2 Å². The summed E-state index contributed by atoms with van der Waals surface area (Å²) in [6, 6.07) is 17.1. The maximum Gasteiger partial charge on any atom is 0.171 e. The molecule has 3 nitrogen and oxygen atoms in total. The molecule has 1 atom stereocenters. The number of thiocarbonyl (C=S) groups is 1. The molecule has 25 heavy (non-hydrogen) atoms. The van der Waals surface area contributed by atoms with E-state index in [0.717, 1.165) is 18.2 Å². The smallest absolute Gasteiger partial charge is 0.171 e. The maximum atomic E-state index is 5.39. The highest BCUT2D eigenvalue weighted by Crippen LogP contribution is 2.23. The van der Waals surface area contributed by atoms with E-state index in [2.05, 4.69) is 65.8 Å². The van der Waals surface area contributed by atoms with Crippen molar-refractivity contribution in [1.82, 2.24) is 5.32 Å². The molecule has 1 aliphatic heterocycles. The van der Waals surface area contributed by atoms with Crippen LogP contribution >= 0.6 is 12.2 Å². The largest absolute Gasteiger partial charge is 0.371 e. The quantitative estimate of drug-likeness (QED) is 0.778. The number of nitrogens with zero attached hydrogens (tertiary/aromatic N) is 1. The lowest BCUT2D eigenvalue weighted by molar-refractivity contribution is 0.447. The van der Waals surface area contributed by atoms with E-state index in [1.807, 2.05) is 12.1 Å². The van der Waals surface area contributed by atoms with Gasteiger partial charge in [0.15, 0.2) is 5.11 Å². The Balaban J connectivity index is 1.50. The van der Waals surface area contributed by atoms with Crippen LogP contribution in [0.15, 0.2) is 48.5 Å². The number of aryl methyl sites for hydroxylation is 1. The second-order valence-corrected chi connectivity index (χ2v) is 7.45. The average Bonchev–Trinajstić information content (AvgIpc) is 2.60. The van der Waals surface area contributed by atoms with E-state index in [1.165, 1.54) is 42.7 Å². The summed E-state index contributed by atoms with van der Waals surface area (Å²) in [6.45, 7) is 7.49. The van der Waals surface area contributed by atoms with Crippen molar-refractivity contribution >= 4 is 28.7 Å². The molecular weight excluding hydrogens is 326 g/mol. The lowest BCUT2D eigenvalue weighted by Crippen LogP contribution is -2.34. The third kappa shape index (κ3) is 5.20. The third-order valence-electron chi connectivity index (χ3n) is 4.69. The van der Waals surface area contributed by atoms with Crippen LogP contribution in [0.25, 0.3) is 0 Å². The number of hydrogen-bond donors (Lipinski definition) is 2. The highest BCUT2D eigenvalue weighted by atomic mass is 32.1. The minimum atomic E-state index is 0.652. The van der Waals surface area contributed by atoms with E-state index < -0.39 is 0 Å². The fourth-order valence-electron chi connectivity index (χ4n) is 3.33. The molecule has 1 saturated heterocycles. The van der Waals surface area contributed by atoms with Gasteiger partial charge in [-0.1, -0.05) is 31.2 Å². The Morgan fingerprint density at radius 2 is 2.00 bits per heavy atom. The molecule has 0 bridgehead atoms. The zero-order valence-electron chi connectivity index (χ0n) is 15.1. The molecule has 0 aliphatic carbocycles. The van der Waals surface area contributed by atoms with Gasteiger partial charge in [-0.3, -0.25) is 0 Å². The normalized spacial score (nSPS) is 17.2. The first-order valence-corrected chi connectivity index (χ1v) is 9.46. The molecular formula is C21H27N3S. The Hall–Kier alpha value is -2.07. The zero-order chi connectivity index (χ0) is 17.6. The van der Waals surface area contributed by atoms with Gasteiger partial charge in [-0.2, -0.15) is 0 Å². The summed E-state index contributed by atoms with van der Waals surface area (Å²) >= 11 is 5.39. The standard InChI is InChI=1S/C21H27N3S/c1-16-5-3-7-19(13-16)23-21(25)22-14-18-8-10-20(11-9-18)24-12-4-6-17(2)15-24/h3,5,7-11,13,17H,4,6,12,14-15H2,1-2H3,(H2,22,23,25). The second kappa shape index (κ2) is 8.34. The highest BCUT2D eigenvalue weighted by Gasteiger charge is 2.16. The van der Waals surface area contributed by atoms with Crippen LogP contribution in [0.1, 0.15) is 30.9 Å². The molecule has 2 aromatic carbocycles. The number of rotatable bonds is 4. The van der Waals surface area contributed by atoms with E-state index >= 15 is 0 Å². The predicted octanol–water partition coefficient (Wildman–Crippen LogP) is 4.72. The summed E-state index contributed by atoms with van der Waals surface area (Å²) in [5.74, 6) is 0.792. The Labute approximate surface area is 156 Å². The molecule has 1 fully saturated rings. The summed E-state index contributed by atoms with van der Waals surface area (Å²) in [4.78, 5) is 2.50. The minimum absolute atomic E-state index is 0.652. The molecule has 2 N–H and O–H groups in total. The van der Waals surface area contributed by atoms with Gasteiger partial charge < -0.3 is 15.5 Å². The third-order valence-corrected chi connectivity index (χ3v) is 4.93. The van der Waals surface area contributed by atoms with E-state index in [9.17, 15) is 0 Å². The van der Waals surface area contributed by atoms with E-state index in [1.54, 1.807) is 0 Å². The lowest BCUT2D eigenvalue weighted by atomic mass is 9.99. The molecule has 0 aromatic heterocycles. The van der Waals surface area contributed by atoms with Crippen molar-refractivity contribution in [2.24, 2.45) is 5.92 Å². The summed E-state index contributed by atoms with van der Waals surface area (Å²) in [5, 5.41) is 7.17. The number of anilines is 2. The first-order valence-electron chi connectivity index (χ1n) is 9.05. The van der Waals surface area contributed by atoms with Crippen molar-refractivity contribution in [3.8, 4) is 0 Å². The van der Waals surface area contributed by atoms with Crippen molar-refractivity contribution in [3.05, 3.63) is 59.7 Å². The van der Waals surface area contributed by atoms with Crippen molar-refractivity contribution in [1.29, 1.82) is 0 Å². The SMILES string of the molecule is Cc1cccc(NC(=S)NCc2ccc(N3CCCC(C)C3)cc2)c1. The molecule has 2 aromatic rings. The number of hydrogen-bond acceptors (Lipinski definition) is 2. The van der Waals surface area contributed by atoms with Gasteiger partial charge in [0.2, 0.25) is 0 Å². The van der Waals surface area contributed by atoms with Crippen LogP contribution in [0.2, 0.25) is 0 Å². The maximum absolute atomic E-state index is 5.39. The Morgan fingerprint density at radius 3 is 2.72 bits per heavy atom. The average molecular weight is 354 g/mol. The zero-order valence-corrected chi connectivity index (χ0v) is 15.9. The molecule has 3 rings (SSSR count). The van der Waals surface area contributed by atoms with Gasteiger partial charge >= 0.3 is 0 Å². The Morgan fingerprint density at radius 1 is 1.20 bits per heavy atom. The van der Waals surface area contributed by atoms with Crippen molar-refractivity contribution in [2.45, 2.75) is 33.2 Å². The van der Waals surface area contributed by atoms with Crippen molar-refractivity contribution < 1.29 is 0 Å². The van der Waals surface area contributed by atoms with Crippen LogP contribution < -0.4 is 15.5 Å². The van der Waals surface area contributed by atoms with Crippen LogP contribution in [-0.2, 0) is 6.54 Å². The predicted molar refractivity (Wildman–Crippen MR) is 111 cm³/mol. The second-order valence-electron chi connectivity index (χ2n) is 7.04. The minimum Gasteiger partial charge on any atom is -0.371 e. The van der Waals surface area contributed by atoms with Crippen LogP contribution in [0, 0.1) is 12.8 Å². The van der Waals surface area contributed by atoms with Gasteiger partial charge in [-0.05, 0) is 73.3 Å². The van der Waals surface area contributed by atoms with Crippen LogP contribution in [0.4, 0.5) is 11.4 Å². The van der Waals surface area contributed by atoms with Crippen molar-refractivity contribution in [2.75, 3.05) is 23.3 Å². The summed E-state index contributed by atoms with van der Waals surface area (Å²) in [5.41, 5.74) is 4.81. The van der Waals surface area contributed by atoms with E-state index in [0.29, 0.717) is 5.11 Å². The fraction of sp³-hybridized carbons (Fsp3) is 0.381. The lowest BCUT2D eigenvalue weighted by Gasteiger charge is -2.32. The molecule has 1 heterocycles. The summed E-state index contributed by atoms with van der Waals surface area (Å²) in [6.07, 6.45) is 2.65.